The molecule has 0 fully saturated rings. The van der Waals surface area contributed by atoms with E-state index in [0.29, 0.717) is 24.2 Å². The van der Waals surface area contributed by atoms with Gasteiger partial charge in [0.25, 0.3) is 5.69 Å². The molecule has 0 amide bonds. The molecular weight excluding hydrogens is 222 g/mol. The molecule has 1 aromatic rings. The van der Waals surface area contributed by atoms with Gasteiger partial charge in [0, 0.05) is 18.2 Å². The van der Waals surface area contributed by atoms with Crippen molar-refractivity contribution in [3.63, 3.8) is 0 Å². The molecule has 0 radical (unpaired) electrons. The fourth-order valence-electron chi connectivity index (χ4n) is 1.42. The molecule has 5 nitrogen and oxygen atoms in total. The van der Waals surface area contributed by atoms with Gasteiger partial charge in [0.2, 0.25) is 0 Å². The third kappa shape index (κ3) is 3.78. The van der Waals surface area contributed by atoms with Crippen LogP contribution in [-0.4, -0.2) is 23.2 Å². The molecule has 1 N–H and O–H groups in total. The van der Waals surface area contributed by atoms with Crippen LogP contribution in [-0.2, 0) is 6.42 Å². The Bertz CT molecular complexity index is 437. The number of hydrogen-bond donors (Lipinski definition) is 1. The van der Waals surface area contributed by atoms with Gasteiger partial charge in [-0.2, -0.15) is 0 Å². The average molecular weight is 235 g/mol. The zero-order valence-electron chi connectivity index (χ0n) is 9.26. The Morgan fingerprint density at radius 3 is 2.88 bits per heavy atom. The van der Waals surface area contributed by atoms with Crippen molar-refractivity contribution in [2.24, 2.45) is 0 Å². The predicted molar refractivity (Wildman–Crippen MR) is 62.8 cm³/mol. The van der Waals surface area contributed by atoms with Crippen molar-refractivity contribution in [2.75, 3.05) is 13.2 Å². The van der Waals surface area contributed by atoms with E-state index in [1.54, 1.807) is 6.07 Å². The zero-order valence-corrected chi connectivity index (χ0v) is 9.26. The number of ether oxygens (including phenoxy) is 1. The van der Waals surface area contributed by atoms with Crippen LogP contribution in [0.5, 0.6) is 5.75 Å². The number of benzene rings is 1. The summed E-state index contributed by atoms with van der Waals surface area (Å²) in [5.74, 6) is 2.82. The van der Waals surface area contributed by atoms with Crippen molar-refractivity contribution in [1.82, 2.24) is 0 Å². The van der Waals surface area contributed by atoms with Crippen LogP contribution < -0.4 is 4.74 Å². The topological polar surface area (TPSA) is 72.6 Å². The Morgan fingerprint density at radius 1 is 1.53 bits per heavy atom. The van der Waals surface area contributed by atoms with Crippen molar-refractivity contribution in [1.29, 1.82) is 0 Å². The standard InChI is InChI=1S/C12H13NO4/c1-2-8-17-11-5-6-12(13(15)16)10(9-11)4-3-7-14/h1,5-6,9,14H,3-4,7-8H2. The minimum atomic E-state index is -0.447. The molecule has 0 spiro atoms. The molecule has 1 aromatic carbocycles. The Labute approximate surface area is 99.2 Å². The number of aliphatic hydroxyl groups is 1. The van der Waals surface area contributed by atoms with Gasteiger partial charge in [0.15, 0.2) is 0 Å². The summed E-state index contributed by atoms with van der Waals surface area (Å²) >= 11 is 0. The molecule has 0 aliphatic carbocycles. The summed E-state index contributed by atoms with van der Waals surface area (Å²) in [7, 11) is 0. The molecule has 0 atom stereocenters. The van der Waals surface area contributed by atoms with Gasteiger partial charge in [-0.3, -0.25) is 10.1 Å². The van der Waals surface area contributed by atoms with E-state index < -0.39 is 4.92 Å². The van der Waals surface area contributed by atoms with Crippen molar-refractivity contribution in [3.05, 3.63) is 33.9 Å². The largest absolute Gasteiger partial charge is 0.481 e. The van der Waals surface area contributed by atoms with Crippen LogP contribution in [0.3, 0.4) is 0 Å². The Kier molecular flexibility index (Phi) is 4.98. The summed E-state index contributed by atoms with van der Waals surface area (Å²) in [5.41, 5.74) is 0.574. The third-order valence-electron chi connectivity index (χ3n) is 2.17. The molecule has 0 saturated carbocycles. The summed E-state index contributed by atoms with van der Waals surface area (Å²) in [6.07, 6.45) is 5.96. The number of aliphatic hydroxyl groups excluding tert-OH is 1. The van der Waals surface area contributed by atoms with E-state index in [9.17, 15) is 10.1 Å². The lowest BCUT2D eigenvalue weighted by Crippen LogP contribution is -2.00. The summed E-state index contributed by atoms with van der Waals surface area (Å²) in [6, 6.07) is 4.49. The van der Waals surface area contributed by atoms with Gasteiger partial charge >= 0.3 is 0 Å². The SMILES string of the molecule is C#CCOc1ccc([N+](=O)[O-])c(CCCO)c1. The molecule has 17 heavy (non-hydrogen) atoms. The smallest absolute Gasteiger partial charge is 0.272 e. The normalized spacial score (nSPS) is 9.65. The molecule has 90 valence electrons. The third-order valence-corrected chi connectivity index (χ3v) is 2.17. The van der Waals surface area contributed by atoms with E-state index in [-0.39, 0.29) is 18.9 Å². The van der Waals surface area contributed by atoms with E-state index in [1.807, 2.05) is 0 Å². The molecule has 0 aromatic heterocycles. The van der Waals surface area contributed by atoms with E-state index in [2.05, 4.69) is 5.92 Å². The summed E-state index contributed by atoms with van der Waals surface area (Å²) in [5, 5.41) is 19.5. The summed E-state index contributed by atoms with van der Waals surface area (Å²) in [6.45, 7) is 0.115. The first-order valence-corrected chi connectivity index (χ1v) is 5.13. The number of aryl methyl sites for hydroxylation is 1. The highest BCUT2D eigenvalue weighted by atomic mass is 16.6. The fourth-order valence-corrected chi connectivity index (χ4v) is 1.42. The number of rotatable bonds is 6. The van der Waals surface area contributed by atoms with Gasteiger partial charge in [-0.1, -0.05) is 5.92 Å². The first-order chi connectivity index (χ1) is 8.19. The number of nitrogens with zero attached hydrogens (tertiary/aromatic N) is 1. The maximum Gasteiger partial charge on any atom is 0.272 e. The number of nitro groups is 1. The lowest BCUT2D eigenvalue weighted by molar-refractivity contribution is -0.385. The van der Waals surface area contributed by atoms with Gasteiger partial charge in [0.1, 0.15) is 12.4 Å². The first kappa shape index (κ1) is 13.0. The van der Waals surface area contributed by atoms with Crippen LogP contribution in [0.4, 0.5) is 5.69 Å². The summed E-state index contributed by atoms with van der Waals surface area (Å²) < 4.78 is 5.19. The maximum atomic E-state index is 10.8. The zero-order chi connectivity index (χ0) is 12.7. The second kappa shape index (κ2) is 6.51. The van der Waals surface area contributed by atoms with E-state index in [1.165, 1.54) is 12.1 Å². The highest BCUT2D eigenvalue weighted by molar-refractivity contribution is 5.45. The lowest BCUT2D eigenvalue weighted by Gasteiger charge is -2.06. The van der Waals surface area contributed by atoms with E-state index in [4.69, 9.17) is 16.3 Å². The molecule has 0 saturated heterocycles. The fraction of sp³-hybridized carbons (Fsp3) is 0.333. The van der Waals surface area contributed by atoms with Crippen LogP contribution in [0.2, 0.25) is 0 Å². The molecule has 5 heteroatoms. The van der Waals surface area contributed by atoms with Crippen molar-refractivity contribution in [2.45, 2.75) is 12.8 Å². The molecule has 1 rings (SSSR count). The van der Waals surface area contributed by atoms with Crippen LogP contribution in [0.25, 0.3) is 0 Å². The van der Waals surface area contributed by atoms with Gasteiger partial charge < -0.3 is 9.84 Å². The molecule has 0 aliphatic rings. The highest BCUT2D eigenvalue weighted by Gasteiger charge is 2.14. The van der Waals surface area contributed by atoms with Gasteiger partial charge in [0.05, 0.1) is 4.92 Å². The minimum absolute atomic E-state index is 0.00735. The van der Waals surface area contributed by atoms with Gasteiger partial charge in [-0.25, -0.2) is 0 Å². The number of hydrogen-bond acceptors (Lipinski definition) is 4. The second-order valence-corrected chi connectivity index (χ2v) is 3.37. The minimum Gasteiger partial charge on any atom is -0.481 e. The average Bonchev–Trinajstić information content (AvgIpc) is 2.33. The first-order valence-electron chi connectivity index (χ1n) is 5.13. The van der Waals surface area contributed by atoms with Crippen molar-refractivity contribution < 1.29 is 14.8 Å². The monoisotopic (exact) mass is 235 g/mol. The van der Waals surface area contributed by atoms with Gasteiger partial charge in [-0.15, -0.1) is 6.42 Å². The van der Waals surface area contributed by atoms with E-state index in [0.717, 1.165) is 0 Å². The molecule has 0 unspecified atom stereocenters. The van der Waals surface area contributed by atoms with Gasteiger partial charge in [-0.05, 0) is 25.0 Å². The summed E-state index contributed by atoms with van der Waals surface area (Å²) in [4.78, 5) is 10.3. The Morgan fingerprint density at radius 2 is 2.29 bits per heavy atom. The molecule has 0 heterocycles. The number of terminal acetylenes is 1. The predicted octanol–water partition coefficient (Wildman–Crippen LogP) is 1.53. The number of nitro benzene ring substituents is 1. The van der Waals surface area contributed by atoms with Crippen LogP contribution >= 0.6 is 0 Å². The molecular formula is C12H13NO4. The maximum absolute atomic E-state index is 10.8. The quantitative estimate of drug-likeness (QED) is 0.461. The Balaban J connectivity index is 2.93. The van der Waals surface area contributed by atoms with E-state index >= 15 is 0 Å². The van der Waals surface area contributed by atoms with Crippen LogP contribution in [0.15, 0.2) is 18.2 Å². The lowest BCUT2D eigenvalue weighted by atomic mass is 10.1. The van der Waals surface area contributed by atoms with Crippen LogP contribution in [0, 0.1) is 22.5 Å². The molecule has 0 bridgehead atoms. The van der Waals surface area contributed by atoms with Crippen molar-refractivity contribution >= 4 is 5.69 Å². The highest BCUT2D eigenvalue weighted by Crippen LogP contribution is 2.25. The molecule has 0 aliphatic heterocycles. The Hall–Kier alpha value is -2.06. The van der Waals surface area contributed by atoms with Crippen LogP contribution in [0.1, 0.15) is 12.0 Å². The second-order valence-electron chi connectivity index (χ2n) is 3.37. The van der Waals surface area contributed by atoms with Crippen molar-refractivity contribution in [3.8, 4) is 18.1 Å².